The summed E-state index contributed by atoms with van der Waals surface area (Å²) >= 11 is 0. The second-order valence-electron chi connectivity index (χ2n) is 7.76. The molecule has 2 heteroatoms. The van der Waals surface area contributed by atoms with Crippen molar-refractivity contribution in [3.8, 4) is 0 Å². The van der Waals surface area contributed by atoms with Crippen LogP contribution in [0.25, 0.3) is 5.70 Å². The van der Waals surface area contributed by atoms with Gasteiger partial charge in [0.05, 0.1) is 0 Å². The highest BCUT2D eigenvalue weighted by atomic mass is 16.1. The number of carbonyl (C=O) groups is 1. The molecule has 3 rings (SSSR count). The summed E-state index contributed by atoms with van der Waals surface area (Å²) in [6, 6.07) is 8.44. The van der Waals surface area contributed by atoms with E-state index in [2.05, 4.69) is 50.4 Å². The average Bonchev–Trinajstić information content (AvgIpc) is 2.46. The summed E-state index contributed by atoms with van der Waals surface area (Å²) in [7, 11) is 0. The first-order valence-corrected chi connectivity index (χ1v) is 8.56. The number of hydrogen-bond donors (Lipinski definition) is 1. The quantitative estimate of drug-likeness (QED) is 0.822. The molecule has 1 aromatic carbocycles. The minimum absolute atomic E-state index is 0.00153. The number of rotatable bonds is 2. The molecule has 118 valence electrons. The minimum atomic E-state index is 0.00153. The van der Waals surface area contributed by atoms with Crippen molar-refractivity contribution < 1.29 is 4.79 Å². The zero-order chi connectivity index (χ0) is 15.7. The highest BCUT2D eigenvalue weighted by molar-refractivity contribution is 5.98. The molecule has 0 unspecified atom stereocenters. The Morgan fingerprint density at radius 2 is 1.86 bits per heavy atom. The molecule has 0 saturated heterocycles. The lowest BCUT2D eigenvalue weighted by atomic mass is 9.80. The fourth-order valence-corrected chi connectivity index (χ4v) is 3.81. The van der Waals surface area contributed by atoms with Crippen molar-refractivity contribution in [2.75, 3.05) is 0 Å². The van der Waals surface area contributed by atoms with E-state index in [1.165, 1.54) is 24.0 Å². The largest absolute Gasteiger partial charge is 0.379 e. The van der Waals surface area contributed by atoms with Crippen LogP contribution in [0.3, 0.4) is 0 Å². The molecule has 2 nitrogen and oxygen atoms in total. The molecule has 1 aromatic rings. The Balaban J connectivity index is 1.85. The van der Waals surface area contributed by atoms with E-state index in [0.717, 1.165) is 30.9 Å². The summed E-state index contributed by atoms with van der Waals surface area (Å²) in [5.41, 5.74) is 3.54. The zero-order valence-electron chi connectivity index (χ0n) is 14.0. The predicted octanol–water partition coefficient (Wildman–Crippen LogP) is 4.35. The molecule has 0 radical (unpaired) electrons. The molecule has 1 heterocycles. The molecule has 0 atom stereocenters. The maximum absolute atomic E-state index is 12.7. The molecule has 0 spiro atoms. The van der Waals surface area contributed by atoms with Crippen LogP contribution in [0.15, 0.2) is 30.3 Å². The number of ketones is 1. The Morgan fingerprint density at radius 1 is 1.18 bits per heavy atom. The monoisotopic (exact) mass is 297 g/mol. The number of allylic oxidation sites excluding steroid dienone is 1. The Kier molecular flexibility index (Phi) is 4.12. The van der Waals surface area contributed by atoms with Gasteiger partial charge >= 0.3 is 0 Å². The van der Waals surface area contributed by atoms with Gasteiger partial charge in [-0.3, -0.25) is 4.79 Å². The molecular weight excluding hydrogens is 270 g/mol. The van der Waals surface area contributed by atoms with Crippen LogP contribution < -0.4 is 5.32 Å². The Labute approximate surface area is 134 Å². The molecule has 0 amide bonds. The van der Waals surface area contributed by atoms with Crippen LogP contribution in [-0.4, -0.2) is 11.3 Å². The van der Waals surface area contributed by atoms with Gasteiger partial charge in [0.25, 0.3) is 0 Å². The second-order valence-corrected chi connectivity index (χ2v) is 7.76. The highest BCUT2D eigenvalue weighted by Crippen LogP contribution is 2.32. The van der Waals surface area contributed by atoms with Crippen LogP contribution in [-0.2, 0) is 11.2 Å². The summed E-state index contributed by atoms with van der Waals surface area (Å²) in [6.07, 6.45) is 7.35. The Morgan fingerprint density at radius 3 is 2.59 bits per heavy atom. The standard InChI is InChI=1S/C20H27NO/c1-14-8-10-15(11-9-14)19(22)12-18-17-7-5-4-6-16(17)13-20(2,3)21-18/h4-7,12,14-15,21H,8-11,13H2,1-3H3/b18-12-. The molecule has 1 saturated carbocycles. The Hall–Kier alpha value is -1.57. The Bertz CT molecular complexity index is 591. The third kappa shape index (κ3) is 3.26. The van der Waals surface area contributed by atoms with Crippen LogP contribution in [0.4, 0.5) is 0 Å². The van der Waals surface area contributed by atoms with Crippen LogP contribution in [0.2, 0.25) is 0 Å². The predicted molar refractivity (Wildman–Crippen MR) is 91.5 cm³/mol. The van der Waals surface area contributed by atoms with Gasteiger partial charge in [0, 0.05) is 28.8 Å². The number of carbonyl (C=O) groups excluding carboxylic acids is 1. The normalized spacial score (nSPS) is 28.8. The number of nitrogens with one attached hydrogen (secondary N) is 1. The van der Waals surface area contributed by atoms with Gasteiger partial charge in [-0.1, -0.05) is 44.0 Å². The molecule has 1 aliphatic heterocycles. The molecule has 0 aromatic heterocycles. The lowest BCUT2D eigenvalue weighted by Crippen LogP contribution is -2.44. The molecule has 1 aliphatic carbocycles. The van der Waals surface area contributed by atoms with Crippen molar-refractivity contribution in [1.29, 1.82) is 0 Å². The van der Waals surface area contributed by atoms with Crippen LogP contribution in [0, 0.1) is 11.8 Å². The van der Waals surface area contributed by atoms with Crippen molar-refractivity contribution in [2.45, 2.75) is 58.4 Å². The van der Waals surface area contributed by atoms with E-state index >= 15 is 0 Å². The molecule has 2 aliphatic rings. The maximum atomic E-state index is 12.7. The first-order valence-electron chi connectivity index (χ1n) is 8.56. The third-order valence-electron chi connectivity index (χ3n) is 5.12. The summed E-state index contributed by atoms with van der Waals surface area (Å²) < 4.78 is 0. The smallest absolute Gasteiger partial charge is 0.160 e. The minimum Gasteiger partial charge on any atom is -0.379 e. The lowest BCUT2D eigenvalue weighted by molar-refractivity contribution is -0.119. The van der Waals surface area contributed by atoms with E-state index < -0.39 is 0 Å². The number of hydrogen-bond acceptors (Lipinski definition) is 2. The second kappa shape index (κ2) is 5.91. The van der Waals surface area contributed by atoms with E-state index in [9.17, 15) is 4.79 Å². The van der Waals surface area contributed by atoms with Crippen molar-refractivity contribution in [1.82, 2.24) is 5.32 Å². The molecule has 22 heavy (non-hydrogen) atoms. The van der Waals surface area contributed by atoms with Crippen molar-refractivity contribution in [2.24, 2.45) is 11.8 Å². The van der Waals surface area contributed by atoms with Crippen LogP contribution in [0.5, 0.6) is 0 Å². The maximum Gasteiger partial charge on any atom is 0.160 e. The average molecular weight is 297 g/mol. The van der Waals surface area contributed by atoms with E-state index in [4.69, 9.17) is 0 Å². The fourth-order valence-electron chi connectivity index (χ4n) is 3.81. The first-order chi connectivity index (χ1) is 10.4. The lowest BCUT2D eigenvalue weighted by Gasteiger charge is -2.36. The molecule has 0 bridgehead atoms. The number of fused-ring (bicyclic) bond motifs is 1. The summed E-state index contributed by atoms with van der Waals surface area (Å²) in [6.45, 7) is 6.69. The third-order valence-corrected chi connectivity index (χ3v) is 5.12. The van der Waals surface area contributed by atoms with Crippen molar-refractivity contribution in [3.05, 3.63) is 41.5 Å². The van der Waals surface area contributed by atoms with Crippen molar-refractivity contribution in [3.63, 3.8) is 0 Å². The van der Waals surface area contributed by atoms with E-state index in [-0.39, 0.29) is 11.5 Å². The van der Waals surface area contributed by atoms with E-state index in [1.807, 2.05) is 6.08 Å². The fraction of sp³-hybridized carbons (Fsp3) is 0.550. The van der Waals surface area contributed by atoms with Gasteiger partial charge in [-0.25, -0.2) is 0 Å². The molecular formula is C20H27NO. The van der Waals surface area contributed by atoms with Gasteiger partial charge in [-0.2, -0.15) is 0 Å². The van der Waals surface area contributed by atoms with Gasteiger partial charge in [-0.05, 0) is 44.6 Å². The van der Waals surface area contributed by atoms with Gasteiger partial charge in [0.15, 0.2) is 5.78 Å². The summed E-state index contributed by atoms with van der Waals surface area (Å²) in [5, 5.41) is 3.57. The molecule has 1 N–H and O–H groups in total. The highest BCUT2D eigenvalue weighted by Gasteiger charge is 2.29. The number of benzene rings is 1. The van der Waals surface area contributed by atoms with Crippen molar-refractivity contribution >= 4 is 11.5 Å². The molecule has 1 fully saturated rings. The van der Waals surface area contributed by atoms with Crippen LogP contribution in [0.1, 0.15) is 57.6 Å². The topological polar surface area (TPSA) is 29.1 Å². The zero-order valence-corrected chi connectivity index (χ0v) is 14.0. The van der Waals surface area contributed by atoms with Crippen LogP contribution >= 0.6 is 0 Å². The van der Waals surface area contributed by atoms with Gasteiger partial charge in [0.2, 0.25) is 0 Å². The summed E-state index contributed by atoms with van der Waals surface area (Å²) in [5.74, 6) is 1.31. The van der Waals surface area contributed by atoms with E-state index in [1.54, 1.807) is 0 Å². The van der Waals surface area contributed by atoms with Gasteiger partial charge < -0.3 is 5.32 Å². The van der Waals surface area contributed by atoms with Gasteiger partial charge in [-0.15, -0.1) is 0 Å². The van der Waals surface area contributed by atoms with Gasteiger partial charge in [0.1, 0.15) is 0 Å². The first kappa shape index (κ1) is 15.3. The summed E-state index contributed by atoms with van der Waals surface area (Å²) in [4.78, 5) is 12.7. The SMILES string of the molecule is CC1CCC(C(=O)/C=C2\NC(C)(C)Cc3ccccc32)CC1. The van der Waals surface area contributed by atoms with E-state index in [0.29, 0.717) is 5.78 Å².